The Morgan fingerprint density at radius 1 is 1.26 bits per heavy atom. The van der Waals surface area contributed by atoms with Crippen molar-refractivity contribution in [2.75, 3.05) is 12.4 Å². The highest BCUT2D eigenvalue weighted by Gasteiger charge is 2.07. The molecule has 5 nitrogen and oxygen atoms in total. The van der Waals surface area contributed by atoms with Crippen molar-refractivity contribution in [2.45, 2.75) is 13.5 Å². The molecule has 0 spiro atoms. The molecule has 2 rings (SSSR count). The van der Waals surface area contributed by atoms with Gasteiger partial charge in [0, 0.05) is 26.0 Å². The smallest absolute Gasteiger partial charge is 0.270 e. The van der Waals surface area contributed by atoms with Gasteiger partial charge in [-0.1, -0.05) is 0 Å². The van der Waals surface area contributed by atoms with E-state index < -0.39 is 0 Å². The van der Waals surface area contributed by atoms with E-state index in [1.165, 1.54) is 0 Å². The van der Waals surface area contributed by atoms with Crippen LogP contribution in [0.4, 0.5) is 5.69 Å². The number of carbonyl (C=O) groups is 1. The highest BCUT2D eigenvalue weighted by atomic mass is 16.1. The second-order valence-corrected chi connectivity index (χ2v) is 4.17. The van der Waals surface area contributed by atoms with E-state index in [2.05, 4.69) is 20.6 Å². The first-order chi connectivity index (χ1) is 9.20. The average Bonchev–Trinajstić information content (AvgIpc) is 2.46. The Labute approximate surface area is 112 Å². The van der Waals surface area contributed by atoms with E-state index in [1.54, 1.807) is 24.7 Å². The fourth-order valence-corrected chi connectivity index (χ4v) is 1.64. The van der Waals surface area contributed by atoms with Gasteiger partial charge in [-0.15, -0.1) is 0 Å². The van der Waals surface area contributed by atoms with Crippen molar-refractivity contribution < 1.29 is 4.79 Å². The van der Waals surface area contributed by atoms with Gasteiger partial charge in [0.05, 0.1) is 11.9 Å². The van der Waals surface area contributed by atoms with Crippen molar-refractivity contribution >= 4 is 11.6 Å². The summed E-state index contributed by atoms with van der Waals surface area (Å²) in [5, 5.41) is 5.80. The molecule has 1 amide bonds. The van der Waals surface area contributed by atoms with Gasteiger partial charge >= 0.3 is 0 Å². The van der Waals surface area contributed by atoms with Crippen LogP contribution >= 0.6 is 0 Å². The SMILES string of the molecule is CNc1ccc(C(=O)NCc2ccncc2C)nc1. The number of rotatable bonds is 4. The third-order valence-corrected chi connectivity index (χ3v) is 2.86. The van der Waals surface area contributed by atoms with Gasteiger partial charge in [0.1, 0.15) is 5.69 Å². The first-order valence-corrected chi connectivity index (χ1v) is 6.02. The second-order valence-electron chi connectivity index (χ2n) is 4.17. The zero-order valence-electron chi connectivity index (χ0n) is 11.0. The molecule has 0 radical (unpaired) electrons. The molecule has 0 unspecified atom stereocenters. The van der Waals surface area contributed by atoms with E-state index in [9.17, 15) is 4.79 Å². The summed E-state index contributed by atoms with van der Waals surface area (Å²) in [4.78, 5) is 20.0. The van der Waals surface area contributed by atoms with Crippen LogP contribution in [0.15, 0.2) is 36.8 Å². The minimum Gasteiger partial charge on any atom is -0.387 e. The van der Waals surface area contributed by atoms with Gasteiger partial charge < -0.3 is 10.6 Å². The normalized spacial score (nSPS) is 10.0. The Balaban J connectivity index is 1.99. The number of amides is 1. The van der Waals surface area contributed by atoms with Crippen molar-refractivity contribution in [3.63, 3.8) is 0 Å². The Bertz CT molecular complexity index is 566. The van der Waals surface area contributed by atoms with Gasteiger partial charge in [0.25, 0.3) is 5.91 Å². The summed E-state index contributed by atoms with van der Waals surface area (Å²) in [6.07, 6.45) is 5.13. The van der Waals surface area contributed by atoms with Crippen LogP contribution < -0.4 is 10.6 Å². The molecule has 98 valence electrons. The number of pyridine rings is 2. The summed E-state index contributed by atoms with van der Waals surface area (Å²) < 4.78 is 0. The third kappa shape index (κ3) is 3.28. The first kappa shape index (κ1) is 13.0. The van der Waals surface area contributed by atoms with E-state index in [0.29, 0.717) is 12.2 Å². The predicted molar refractivity (Wildman–Crippen MR) is 73.9 cm³/mol. The van der Waals surface area contributed by atoms with E-state index >= 15 is 0 Å². The second kappa shape index (κ2) is 5.95. The molecule has 2 aromatic heterocycles. The van der Waals surface area contributed by atoms with Crippen LogP contribution in [0.5, 0.6) is 0 Å². The van der Waals surface area contributed by atoms with Crippen molar-refractivity contribution in [3.05, 3.63) is 53.6 Å². The lowest BCUT2D eigenvalue weighted by Crippen LogP contribution is -2.24. The maximum absolute atomic E-state index is 11.9. The highest BCUT2D eigenvalue weighted by Crippen LogP contribution is 2.07. The number of anilines is 1. The molecular formula is C14H16N4O. The molecular weight excluding hydrogens is 240 g/mol. The lowest BCUT2D eigenvalue weighted by molar-refractivity contribution is 0.0946. The number of aryl methyl sites for hydroxylation is 1. The van der Waals surface area contributed by atoms with E-state index in [0.717, 1.165) is 16.8 Å². The molecule has 0 saturated heterocycles. The zero-order valence-corrected chi connectivity index (χ0v) is 11.0. The monoisotopic (exact) mass is 256 g/mol. The predicted octanol–water partition coefficient (Wildman–Crippen LogP) is 1.76. The van der Waals surface area contributed by atoms with E-state index in [1.807, 2.05) is 26.1 Å². The number of hydrogen-bond acceptors (Lipinski definition) is 4. The summed E-state index contributed by atoms with van der Waals surface area (Å²) in [6.45, 7) is 2.44. The molecule has 5 heteroatoms. The molecule has 19 heavy (non-hydrogen) atoms. The van der Waals surface area contributed by atoms with Crippen LogP contribution in [0.3, 0.4) is 0 Å². The lowest BCUT2D eigenvalue weighted by Gasteiger charge is -2.07. The topological polar surface area (TPSA) is 66.9 Å². The third-order valence-electron chi connectivity index (χ3n) is 2.86. The minimum absolute atomic E-state index is 0.182. The molecule has 0 aliphatic carbocycles. The van der Waals surface area contributed by atoms with Crippen LogP contribution in [-0.4, -0.2) is 22.9 Å². The summed E-state index contributed by atoms with van der Waals surface area (Å²) in [5.74, 6) is -0.182. The van der Waals surface area contributed by atoms with Crippen LogP contribution in [0.1, 0.15) is 21.6 Å². The summed E-state index contributed by atoms with van der Waals surface area (Å²) in [6, 6.07) is 5.41. The fourth-order valence-electron chi connectivity index (χ4n) is 1.64. The summed E-state index contributed by atoms with van der Waals surface area (Å²) >= 11 is 0. The maximum atomic E-state index is 11.9. The zero-order chi connectivity index (χ0) is 13.7. The number of carbonyl (C=O) groups excluding carboxylic acids is 1. The van der Waals surface area contributed by atoms with Gasteiger partial charge in [-0.3, -0.25) is 9.78 Å². The molecule has 2 heterocycles. The molecule has 0 atom stereocenters. The van der Waals surface area contributed by atoms with Gasteiger partial charge in [0.2, 0.25) is 0 Å². The van der Waals surface area contributed by atoms with Gasteiger partial charge in [-0.05, 0) is 36.2 Å². The lowest BCUT2D eigenvalue weighted by atomic mass is 10.1. The maximum Gasteiger partial charge on any atom is 0.270 e. The van der Waals surface area contributed by atoms with E-state index in [4.69, 9.17) is 0 Å². The largest absolute Gasteiger partial charge is 0.387 e. The molecule has 0 aliphatic rings. The quantitative estimate of drug-likeness (QED) is 0.874. The highest BCUT2D eigenvalue weighted by molar-refractivity contribution is 5.92. The van der Waals surface area contributed by atoms with Gasteiger partial charge in [0.15, 0.2) is 0 Å². The Morgan fingerprint density at radius 2 is 2.11 bits per heavy atom. The molecule has 2 N–H and O–H groups in total. The minimum atomic E-state index is -0.182. The first-order valence-electron chi connectivity index (χ1n) is 6.02. The van der Waals surface area contributed by atoms with Crippen LogP contribution in [0.2, 0.25) is 0 Å². The average molecular weight is 256 g/mol. The van der Waals surface area contributed by atoms with Crippen LogP contribution in [0.25, 0.3) is 0 Å². The molecule has 0 bridgehead atoms. The Hall–Kier alpha value is -2.43. The van der Waals surface area contributed by atoms with Crippen LogP contribution in [-0.2, 0) is 6.54 Å². The van der Waals surface area contributed by atoms with Crippen molar-refractivity contribution in [3.8, 4) is 0 Å². The Morgan fingerprint density at radius 3 is 2.74 bits per heavy atom. The fraction of sp³-hybridized carbons (Fsp3) is 0.214. The number of nitrogens with zero attached hydrogens (tertiary/aromatic N) is 2. The molecule has 0 aliphatic heterocycles. The Kier molecular flexibility index (Phi) is 4.07. The number of nitrogens with one attached hydrogen (secondary N) is 2. The summed E-state index contributed by atoms with van der Waals surface area (Å²) in [7, 11) is 1.81. The summed E-state index contributed by atoms with van der Waals surface area (Å²) in [5.41, 5.74) is 3.39. The van der Waals surface area contributed by atoms with Crippen molar-refractivity contribution in [1.82, 2.24) is 15.3 Å². The number of aromatic nitrogens is 2. The van der Waals surface area contributed by atoms with Crippen LogP contribution in [0, 0.1) is 6.92 Å². The molecule has 2 aromatic rings. The number of hydrogen-bond donors (Lipinski definition) is 2. The molecule has 0 fully saturated rings. The standard InChI is InChI=1S/C14H16N4O/c1-10-7-16-6-5-11(10)8-18-14(19)13-4-3-12(15-2)9-17-13/h3-7,9,15H,8H2,1-2H3,(H,18,19). The van der Waals surface area contributed by atoms with Gasteiger partial charge in [-0.25, -0.2) is 4.98 Å². The van der Waals surface area contributed by atoms with Crippen molar-refractivity contribution in [1.29, 1.82) is 0 Å². The van der Waals surface area contributed by atoms with Crippen molar-refractivity contribution in [2.24, 2.45) is 0 Å². The van der Waals surface area contributed by atoms with Gasteiger partial charge in [-0.2, -0.15) is 0 Å². The van der Waals surface area contributed by atoms with E-state index in [-0.39, 0.29) is 5.91 Å². The molecule has 0 aromatic carbocycles. The molecule has 0 saturated carbocycles.